The fourth-order valence-corrected chi connectivity index (χ4v) is 1.87. The maximum Gasteiger partial charge on any atom is 0.255 e. The van der Waals surface area contributed by atoms with Crippen LogP contribution in [0.3, 0.4) is 0 Å². The van der Waals surface area contributed by atoms with Gasteiger partial charge in [0.15, 0.2) is 11.5 Å². The Morgan fingerprint density at radius 3 is 2.59 bits per heavy atom. The lowest BCUT2D eigenvalue weighted by Gasteiger charge is -2.11. The molecule has 1 amide bonds. The molecule has 0 heterocycles. The number of methoxy groups -OCH3 is 1. The minimum Gasteiger partial charge on any atom is -0.493 e. The largest absolute Gasteiger partial charge is 0.493 e. The molecule has 6 heteroatoms. The van der Waals surface area contributed by atoms with Gasteiger partial charge < -0.3 is 14.8 Å². The molecule has 0 saturated carbocycles. The molecular weight excluding hydrogens is 292 g/mol. The van der Waals surface area contributed by atoms with Crippen LogP contribution in [-0.2, 0) is 0 Å². The first-order valence-corrected chi connectivity index (χ1v) is 6.62. The van der Waals surface area contributed by atoms with Crippen LogP contribution in [-0.4, -0.2) is 19.6 Å². The molecule has 0 bridgehead atoms. The Labute approximate surface area is 126 Å². The van der Waals surface area contributed by atoms with Gasteiger partial charge in [-0.1, -0.05) is 0 Å². The van der Waals surface area contributed by atoms with E-state index in [9.17, 15) is 13.6 Å². The Morgan fingerprint density at radius 2 is 1.91 bits per heavy atom. The number of hydrogen-bond donors (Lipinski definition) is 1. The fraction of sp³-hybridized carbons (Fsp3) is 0.188. The van der Waals surface area contributed by atoms with E-state index in [0.717, 1.165) is 18.2 Å². The highest BCUT2D eigenvalue weighted by atomic mass is 19.1. The van der Waals surface area contributed by atoms with E-state index in [1.165, 1.54) is 19.2 Å². The minimum absolute atomic E-state index is 0.224. The van der Waals surface area contributed by atoms with Gasteiger partial charge in [-0.2, -0.15) is 0 Å². The number of carbonyl (C=O) groups is 1. The molecule has 4 nitrogen and oxygen atoms in total. The summed E-state index contributed by atoms with van der Waals surface area (Å²) in [4.78, 5) is 12.1. The first-order chi connectivity index (χ1) is 10.5. The summed E-state index contributed by atoms with van der Waals surface area (Å²) in [5.74, 6) is -1.05. The van der Waals surface area contributed by atoms with E-state index in [4.69, 9.17) is 9.47 Å². The molecule has 2 aromatic carbocycles. The Morgan fingerprint density at radius 1 is 1.14 bits per heavy atom. The molecule has 0 aliphatic heterocycles. The Hall–Kier alpha value is -2.63. The zero-order valence-corrected chi connectivity index (χ0v) is 12.2. The number of halogens is 2. The molecule has 0 fully saturated rings. The van der Waals surface area contributed by atoms with Crippen LogP contribution < -0.4 is 14.8 Å². The molecule has 1 N–H and O–H groups in total. The third kappa shape index (κ3) is 3.52. The number of rotatable bonds is 5. The number of nitrogens with one attached hydrogen (secondary N) is 1. The number of hydrogen-bond acceptors (Lipinski definition) is 3. The monoisotopic (exact) mass is 307 g/mol. The normalized spacial score (nSPS) is 10.2. The average molecular weight is 307 g/mol. The van der Waals surface area contributed by atoms with E-state index in [1.807, 2.05) is 6.92 Å². The molecule has 0 saturated heterocycles. The molecule has 0 atom stereocenters. The number of ether oxygens (including phenoxy) is 2. The van der Waals surface area contributed by atoms with Gasteiger partial charge >= 0.3 is 0 Å². The van der Waals surface area contributed by atoms with Gasteiger partial charge in [0.1, 0.15) is 11.6 Å². The average Bonchev–Trinajstić information content (AvgIpc) is 2.51. The molecular formula is C16H15F2NO3. The summed E-state index contributed by atoms with van der Waals surface area (Å²) >= 11 is 0. The highest BCUT2D eigenvalue weighted by Gasteiger charge is 2.13. The smallest absolute Gasteiger partial charge is 0.255 e. The second-order valence-corrected chi connectivity index (χ2v) is 4.38. The van der Waals surface area contributed by atoms with E-state index in [1.54, 1.807) is 6.07 Å². The molecule has 116 valence electrons. The van der Waals surface area contributed by atoms with Gasteiger partial charge in [0.2, 0.25) is 0 Å². The Balaban J connectivity index is 2.24. The van der Waals surface area contributed by atoms with Crippen molar-refractivity contribution in [3.05, 3.63) is 53.6 Å². The first-order valence-electron chi connectivity index (χ1n) is 6.62. The third-order valence-electron chi connectivity index (χ3n) is 2.90. The Bertz CT molecular complexity index is 689. The van der Waals surface area contributed by atoms with Gasteiger partial charge in [-0.15, -0.1) is 0 Å². The summed E-state index contributed by atoms with van der Waals surface area (Å²) < 4.78 is 37.1. The summed E-state index contributed by atoms with van der Waals surface area (Å²) in [5, 5.41) is 2.32. The molecule has 0 unspecified atom stereocenters. The SMILES string of the molecule is CCOc1ccc(C(=O)Nc2cc(F)ccc2F)cc1OC. The maximum atomic E-state index is 13.5. The van der Waals surface area contributed by atoms with Crippen molar-refractivity contribution in [1.29, 1.82) is 0 Å². The summed E-state index contributed by atoms with van der Waals surface area (Å²) in [5.41, 5.74) is 0.0156. The molecule has 22 heavy (non-hydrogen) atoms. The summed E-state index contributed by atoms with van der Waals surface area (Å²) in [6.45, 7) is 2.28. The second kappa shape index (κ2) is 6.89. The van der Waals surface area contributed by atoms with Gasteiger partial charge in [-0.25, -0.2) is 8.78 Å². The molecule has 0 aliphatic rings. The van der Waals surface area contributed by atoms with Gasteiger partial charge in [0, 0.05) is 11.6 Å². The van der Waals surface area contributed by atoms with Crippen LogP contribution >= 0.6 is 0 Å². The summed E-state index contributed by atoms with van der Waals surface area (Å²) in [6, 6.07) is 7.41. The molecule has 0 aromatic heterocycles. The van der Waals surface area contributed by atoms with Crippen molar-refractivity contribution in [3.8, 4) is 11.5 Å². The number of amides is 1. The molecule has 0 radical (unpaired) electrons. The Kier molecular flexibility index (Phi) is 4.93. The van der Waals surface area contributed by atoms with Crippen LogP contribution in [0.1, 0.15) is 17.3 Å². The van der Waals surface area contributed by atoms with E-state index < -0.39 is 17.5 Å². The van der Waals surface area contributed by atoms with Crippen molar-refractivity contribution in [2.75, 3.05) is 19.0 Å². The highest BCUT2D eigenvalue weighted by Crippen LogP contribution is 2.28. The molecule has 0 spiro atoms. The number of benzene rings is 2. The van der Waals surface area contributed by atoms with E-state index >= 15 is 0 Å². The van der Waals surface area contributed by atoms with E-state index in [-0.39, 0.29) is 11.3 Å². The van der Waals surface area contributed by atoms with Crippen LogP contribution in [0, 0.1) is 11.6 Å². The van der Waals surface area contributed by atoms with Crippen molar-refractivity contribution in [1.82, 2.24) is 0 Å². The van der Waals surface area contributed by atoms with E-state index in [2.05, 4.69) is 5.32 Å². The van der Waals surface area contributed by atoms with Gasteiger partial charge in [0.05, 0.1) is 19.4 Å². The van der Waals surface area contributed by atoms with Crippen LogP contribution in [0.4, 0.5) is 14.5 Å². The van der Waals surface area contributed by atoms with Crippen molar-refractivity contribution < 1.29 is 23.0 Å². The zero-order chi connectivity index (χ0) is 16.1. The second-order valence-electron chi connectivity index (χ2n) is 4.38. The van der Waals surface area contributed by atoms with Crippen molar-refractivity contribution in [2.45, 2.75) is 6.92 Å². The topological polar surface area (TPSA) is 47.6 Å². The predicted octanol–water partition coefficient (Wildman–Crippen LogP) is 3.62. The van der Waals surface area contributed by atoms with Crippen LogP contribution in [0.5, 0.6) is 11.5 Å². The predicted molar refractivity (Wildman–Crippen MR) is 78.5 cm³/mol. The quantitative estimate of drug-likeness (QED) is 0.917. The van der Waals surface area contributed by atoms with E-state index in [0.29, 0.717) is 18.1 Å². The lowest BCUT2D eigenvalue weighted by molar-refractivity contribution is 0.102. The van der Waals surface area contributed by atoms with Gasteiger partial charge in [0.25, 0.3) is 5.91 Å². The van der Waals surface area contributed by atoms with Crippen molar-refractivity contribution in [2.24, 2.45) is 0 Å². The highest BCUT2D eigenvalue weighted by molar-refractivity contribution is 6.04. The lowest BCUT2D eigenvalue weighted by Crippen LogP contribution is -2.13. The number of carbonyl (C=O) groups excluding carboxylic acids is 1. The molecule has 2 aromatic rings. The molecule has 2 rings (SSSR count). The zero-order valence-electron chi connectivity index (χ0n) is 12.2. The van der Waals surface area contributed by atoms with Crippen LogP contribution in [0.25, 0.3) is 0 Å². The van der Waals surface area contributed by atoms with Gasteiger partial charge in [-0.05, 0) is 37.3 Å². The summed E-state index contributed by atoms with van der Waals surface area (Å²) in [7, 11) is 1.45. The summed E-state index contributed by atoms with van der Waals surface area (Å²) in [6.07, 6.45) is 0. The van der Waals surface area contributed by atoms with Crippen LogP contribution in [0.15, 0.2) is 36.4 Å². The lowest BCUT2D eigenvalue weighted by atomic mass is 10.1. The van der Waals surface area contributed by atoms with Crippen molar-refractivity contribution in [3.63, 3.8) is 0 Å². The number of anilines is 1. The standard InChI is InChI=1S/C16H15F2NO3/c1-3-22-14-7-4-10(8-15(14)21-2)16(20)19-13-9-11(17)5-6-12(13)18/h4-9H,3H2,1-2H3,(H,19,20). The third-order valence-corrected chi connectivity index (χ3v) is 2.90. The molecule has 0 aliphatic carbocycles. The first kappa shape index (κ1) is 15.8. The minimum atomic E-state index is -0.715. The fourth-order valence-electron chi connectivity index (χ4n) is 1.87. The van der Waals surface area contributed by atoms with Crippen molar-refractivity contribution >= 4 is 11.6 Å². The van der Waals surface area contributed by atoms with Gasteiger partial charge in [-0.3, -0.25) is 4.79 Å². The van der Waals surface area contributed by atoms with Crippen LogP contribution in [0.2, 0.25) is 0 Å². The maximum absolute atomic E-state index is 13.5.